The number of piperidine rings is 1. The van der Waals surface area contributed by atoms with E-state index in [2.05, 4.69) is 29.3 Å². The van der Waals surface area contributed by atoms with Gasteiger partial charge in [0.15, 0.2) is 0 Å². The van der Waals surface area contributed by atoms with Crippen molar-refractivity contribution in [3.63, 3.8) is 0 Å². The van der Waals surface area contributed by atoms with Gasteiger partial charge in [-0.25, -0.2) is 0 Å². The molecule has 1 unspecified atom stereocenters. The Morgan fingerprint density at radius 1 is 1.25 bits per heavy atom. The number of hydrogen-bond donors (Lipinski definition) is 1. The molecule has 0 bridgehead atoms. The van der Waals surface area contributed by atoms with Gasteiger partial charge in [-0.3, -0.25) is 4.90 Å². The van der Waals surface area contributed by atoms with E-state index in [4.69, 9.17) is 0 Å². The molecule has 1 saturated heterocycles. The van der Waals surface area contributed by atoms with Gasteiger partial charge in [-0.05, 0) is 64.2 Å². The number of likely N-dealkylation sites (tertiary alicyclic amines) is 1. The zero-order valence-corrected chi connectivity index (χ0v) is 10.6. The summed E-state index contributed by atoms with van der Waals surface area (Å²) in [5.41, 5.74) is 0. The summed E-state index contributed by atoms with van der Waals surface area (Å²) in [7, 11) is 0. The van der Waals surface area contributed by atoms with E-state index in [0.29, 0.717) is 0 Å². The molecular formula is C14H26N2. The molecule has 2 rings (SSSR count). The van der Waals surface area contributed by atoms with E-state index in [1.807, 2.05) is 0 Å². The van der Waals surface area contributed by atoms with Crippen LogP contribution in [0, 0.1) is 5.92 Å². The van der Waals surface area contributed by atoms with E-state index < -0.39 is 0 Å². The maximum atomic E-state index is 3.48. The Bertz CT molecular complexity index is 217. The minimum absolute atomic E-state index is 0.758. The maximum absolute atomic E-state index is 3.48. The van der Waals surface area contributed by atoms with E-state index in [-0.39, 0.29) is 0 Å². The quantitative estimate of drug-likeness (QED) is 0.735. The second kappa shape index (κ2) is 6.41. The molecule has 2 heteroatoms. The molecule has 0 aromatic carbocycles. The summed E-state index contributed by atoms with van der Waals surface area (Å²) in [5.74, 6) is 0.920. The highest BCUT2D eigenvalue weighted by molar-refractivity contribution is 4.99. The topological polar surface area (TPSA) is 15.3 Å². The van der Waals surface area contributed by atoms with Gasteiger partial charge in [0.25, 0.3) is 0 Å². The van der Waals surface area contributed by atoms with Crippen LogP contribution >= 0.6 is 0 Å². The first-order valence-corrected chi connectivity index (χ1v) is 7.01. The predicted octanol–water partition coefficient (Wildman–Crippen LogP) is 2.42. The molecule has 1 aliphatic heterocycles. The van der Waals surface area contributed by atoms with Gasteiger partial charge in [0.2, 0.25) is 0 Å². The molecule has 1 fully saturated rings. The fraction of sp³-hybridized carbons (Fsp3) is 0.857. The highest BCUT2D eigenvalue weighted by atomic mass is 15.2. The van der Waals surface area contributed by atoms with Crippen LogP contribution in [0.4, 0.5) is 0 Å². The number of allylic oxidation sites excluding steroid dienone is 1. The molecule has 0 radical (unpaired) electrons. The van der Waals surface area contributed by atoms with Crippen molar-refractivity contribution in [2.24, 2.45) is 5.92 Å². The molecule has 1 aliphatic carbocycles. The molecule has 2 aliphatic rings. The van der Waals surface area contributed by atoms with Crippen molar-refractivity contribution < 1.29 is 0 Å². The molecule has 0 aromatic heterocycles. The Kier molecular flexibility index (Phi) is 4.86. The lowest BCUT2D eigenvalue weighted by Gasteiger charge is -2.37. The van der Waals surface area contributed by atoms with Crippen LogP contribution in [0.5, 0.6) is 0 Å². The molecule has 16 heavy (non-hydrogen) atoms. The molecular weight excluding hydrogens is 196 g/mol. The summed E-state index contributed by atoms with van der Waals surface area (Å²) in [6.45, 7) is 7.16. The van der Waals surface area contributed by atoms with Gasteiger partial charge in [-0.2, -0.15) is 0 Å². The van der Waals surface area contributed by atoms with Crippen LogP contribution in [0.2, 0.25) is 0 Å². The van der Waals surface area contributed by atoms with Crippen LogP contribution in [-0.2, 0) is 0 Å². The summed E-state index contributed by atoms with van der Waals surface area (Å²) in [5, 5.41) is 3.48. The van der Waals surface area contributed by atoms with Crippen LogP contribution in [0.3, 0.4) is 0 Å². The Morgan fingerprint density at radius 3 is 2.69 bits per heavy atom. The average molecular weight is 222 g/mol. The number of rotatable bonds is 4. The van der Waals surface area contributed by atoms with E-state index >= 15 is 0 Å². The van der Waals surface area contributed by atoms with Gasteiger partial charge in [-0.1, -0.05) is 19.1 Å². The zero-order chi connectivity index (χ0) is 11.2. The van der Waals surface area contributed by atoms with Crippen LogP contribution in [0.25, 0.3) is 0 Å². The van der Waals surface area contributed by atoms with Gasteiger partial charge in [-0.15, -0.1) is 0 Å². The Hall–Kier alpha value is -0.340. The van der Waals surface area contributed by atoms with Crippen molar-refractivity contribution >= 4 is 0 Å². The number of nitrogens with zero attached hydrogens (tertiary/aromatic N) is 1. The smallest absolute Gasteiger partial charge is 0.0278 e. The van der Waals surface area contributed by atoms with Crippen LogP contribution in [-0.4, -0.2) is 37.1 Å². The van der Waals surface area contributed by atoms with Crippen LogP contribution < -0.4 is 5.32 Å². The normalized spacial score (nSPS) is 28.4. The van der Waals surface area contributed by atoms with Crippen LogP contribution in [0.15, 0.2) is 12.2 Å². The van der Waals surface area contributed by atoms with Gasteiger partial charge in [0, 0.05) is 6.04 Å². The Morgan fingerprint density at radius 2 is 2.06 bits per heavy atom. The van der Waals surface area contributed by atoms with Gasteiger partial charge >= 0.3 is 0 Å². The van der Waals surface area contributed by atoms with E-state index in [0.717, 1.165) is 18.5 Å². The summed E-state index contributed by atoms with van der Waals surface area (Å²) >= 11 is 0. The fourth-order valence-corrected chi connectivity index (χ4v) is 2.94. The molecule has 2 nitrogen and oxygen atoms in total. The molecule has 0 spiro atoms. The van der Waals surface area contributed by atoms with E-state index in [1.54, 1.807) is 0 Å². The monoisotopic (exact) mass is 222 g/mol. The standard InChI is InChI=1S/C14H26N2/c1-2-15-12-13-8-10-16(11-9-13)14-6-4-3-5-7-14/h4,6,13-15H,2-3,5,7-12H2,1H3. The van der Waals surface area contributed by atoms with Crippen molar-refractivity contribution in [1.82, 2.24) is 10.2 Å². The third kappa shape index (κ3) is 3.33. The molecule has 0 amide bonds. The fourth-order valence-electron chi connectivity index (χ4n) is 2.94. The van der Waals surface area contributed by atoms with Crippen molar-refractivity contribution in [2.45, 2.75) is 45.1 Å². The van der Waals surface area contributed by atoms with Crippen LogP contribution in [0.1, 0.15) is 39.0 Å². The van der Waals surface area contributed by atoms with Crippen molar-refractivity contribution in [2.75, 3.05) is 26.2 Å². The molecule has 1 N–H and O–H groups in total. The molecule has 1 atom stereocenters. The lowest BCUT2D eigenvalue weighted by molar-refractivity contribution is 0.145. The molecule has 1 heterocycles. The maximum Gasteiger partial charge on any atom is 0.0278 e. The van der Waals surface area contributed by atoms with Gasteiger partial charge < -0.3 is 5.32 Å². The first-order chi connectivity index (χ1) is 7.90. The van der Waals surface area contributed by atoms with E-state index in [1.165, 1.54) is 51.7 Å². The highest BCUT2D eigenvalue weighted by Gasteiger charge is 2.23. The van der Waals surface area contributed by atoms with E-state index in [9.17, 15) is 0 Å². The summed E-state index contributed by atoms with van der Waals surface area (Å²) in [6, 6.07) is 0.758. The summed E-state index contributed by atoms with van der Waals surface area (Å²) in [4.78, 5) is 2.69. The molecule has 0 saturated carbocycles. The van der Waals surface area contributed by atoms with Crippen molar-refractivity contribution in [3.05, 3.63) is 12.2 Å². The first kappa shape index (κ1) is 12.1. The predicted molar refractivity (Wildman–Crippen MR) is 69.6 cm³/mol. The lowest BCUT2D eigenvalue weighted by atomic mass is 9.93. The SMILES string of the molecule is CCNCC1CCN(C2C=CCCC2)CC1. The minimum atomic E-state index is 0.758. The summed E-state index contributed by atoms with van der Waals surface area (Å²) in [6.07, 6.45) is 11.7. The van der Waals surface area contributed by atoms with Gasteiger partial charge in [0.1, 0.15) is 0 Å². The van der Waals surface area contributed by atoms with Crippen molar-refractivity contribution in [1.29, 1.82) is 0 Å². The van der Waals surface area contributed by atoms with Crippen molar-refractivity contribution in [3.8, 4) is 0 Å². The first-order valence-electron chi connectivity index (χ1n) is 7.01. The average Bonchev–Trinajstić information content (AvgIpc) is 2.38. The minimum Gasteiger partial charge on any atom is -0.317 e. The Labute approximate surface area is 100 Å². The highest BCUT2D eigenvalue weighted by Crippen LogP contribution is 2.23. The lowest BCUT2D eigenvalue weighted by Crippen LogP contribution is -2.42. The molecule has 0 aromatic rings. The third-order valence-corrected chi connectivity index (χ3v) is 4.03. The number of nitrogens with one attached hydrogen (secondary N) is 1. The second-order valence-electron chi connectivity index (χ2n) is 5.21. The largest absolute Gasteiger partial charge is 0.317 e. The summed E-state index contributed by atoms with van der Waals surface area (Å²) < 4.78 is 0. The number of hydrogen-bond acceptors (Lipinski definition) is 2. The van der Waals surface area contributed by atoms with Gasteiger partial charge in [0.05, 0.1) is 0 Å². The third-order valence-electron chi connectivity index (χ3n) is 4.03. The Balaban J connectivity index is 1.72. The molecule has 92 valence electrons. The zero-order valence-electron chi connectivity index (χ0n) is 10.6. The second-order valence-corrected chi connectivity index (χ2v) is 5.21.